The van der Waals surface area contributed by atoms with E-state index in [0.29, 0.717) is 11.3 Å². The quantitative estimate of drug-likeness (QED) is 0.840. The predicted octanol–water partition coefficient (Wildman–Crippen LogP) is 3.91. The lowest BCUT2D eigenvalue weighted by molar-refractivity contribution is -0.137. The summed E-state index contributed by atoms with van der Waals surface area (Å²) in [7, 11) is 1.37. The fraction of sp³-hybridized carbons (Fsp3) is 0.400. The third kappa shape index (κ3) is 2.62. The molecule has 1 aliphatic rings. The number of benzene rings is 1. The number of methoxy groups -OCH3 is 1. The maximum atomic E-state index is 12.7. The van der Waals surface area contributed by atoms with Crippen LogP contribution in [0.3, 0.4) is 0 Å². The first-order valence-corrected chi connectivity index (χ1v) is 6.80. The van der Waals surface area contributed by atoms with Gasteiger partial charge in [0.25, 0.3) is 0 Å². The largest absolute Gasteiger partial charge is 0.496 e. The number of alkyl halides is 3. The van der Waals surface area contributed by atoms with Gasteiger partial charge >= 0.3 is 6.18 Å². The molecule has 1 aromatic carbocycles. The van der Waals surface area contributed by atoms with Crippen molar-refractivity contribution in [3.8, 4) is 17.0 Å². The molecule has 0 atom stereocenters. The van der Waals surface area contributed by atoms with E-state index in [9.17, 15) is 13.2 Å². The molecular weight excluding hydrogens is 281 g/mol. The van der Waals surface area contributed by atoms with Gasteiger partial charge in [0.2, 0.25) is 0 Å². The fourth-order valence-corrected chi connectivity index (χ4v) is 2.62. The number of halogens is 3. The lowest BCUT2D eigenvalue weighted by Crippen LogP contribution is -2.08. The monoisotopic (exact) mass is 296 g/mol. The molecule has 0 aliphatic carbocycles. The van der Waals surface area contributed by atoms with Crippen LogP contribution in [0.15, 0.2) is 24.4 Å². The van der Waals surface area contributed by atoms with Gasteiger partial charge in [0.15, 0.2) is 0 Å². The minimum absolute atomic E-state index is 0.195. The van der Waals surface area contributed by atoms with Gasteiger partial charge in [-0.25, -0.2) is 4.98 Å². The first kappa shape index (κ1) is 14.0. The molecule has 112 valence electrons. The van der Waals surface area contributed by atoms with E-state index in [-0.39, 0.29) is 5.75 Å². The Kier molecular flexibility index (Phi) is 3.39. The zero-order chi connectivity index (χ0) is 15.0. The summed E-state index contributed by atoms with van der Waals surface area (Å²) >= 11 is 0. The van der Waals surface area contributed by atoms with E-state index in [1.54, 1.807) is 0 Å². The molecule has 0 unspecified atom stereocenters. The second-order valence-electron chi connectivity index (χ2n) is 5.11. The summed E-state index contributed by atoms with van der Waals surface area (Å²) in [6.07, 6.45) is 0.620. The minimum atomic E-state index is -4.38. The Labute approximate surface area is 120 Å². The van der Waals surface area contributed by atoms with Gasteiger partial charge in [0.1, 0.15) is 11.6 Å². The standard InChI is InChI=1S/C15H15F3N2O/c1-21-13-8-10(15(16,17)18)5-6-11(13)12-9-20-7-3-2-4-14(20)19-12/h5-6,8-9H,2-4,7H2,1H3. The Morgan fingerprint density at radius 2 is 2.05 bits per heavy atom. The van der Waals surface area contributed by atoms with Crippen LogP contribution < -0.4 is 4.74 Å². The molecule has 0 saturated carbocycles. The molecule has 21 heavy (non-hydrogen) atoms. The number of hydrogen-bond acceptors (Lipinski definition) is 2. The van der Waals surface area contributed by atoms with Crippen molar-refractivity contribution in [2.45, 2.75) is 32.0 Å². The van der Waals surface area contributed by atoms with Crippen molar-refractivity contribution in [1.29, 1.82) is 0 Å². The van der Waals surface area contributed by atoms with E-state index < -0.39 is 11.7 Å². The number of aryl methyl sites for hydroxylation is 2. The van der Waals surface area contributed by atoms with Crippen molar-refractivity contribution in [3.63, 3.8) is 0 Å². The molecule has 2 aromatic rings. The zero-order valence-corrected chi connectivity index (χ0v) is 11.6. The summed E-state index contributed by atoms with van der Waals surface area (Å²) in [6.45, 7) is 0.908. The van der Waals surface area contributed by atoms with Gasteiger partial charge in [-0.15, -0.1) is 0 Å². The number of imidazole rings is 1. The molecule has 1 aromatic heterocycles. The predicted molar refractivity (Wildman–Crippen MR) is 72.2 cm³/mol. The highest BCUT2D eigenvalue weighted by Crippen LogP contribution is 2.37. The van der Waals surface area contributed by atoms with Crippen LogP contribution >= 0.6 is 0 Å². The van der Waals surface area contributed by atoms with E-state index in [1.807, 2.05) is 6.20 Å². The van der Waals surface area contributed by atoms with Gasteiger partial charge in [-0.3, -0.25) is 0 Å². The molecule has 0 radical (unpaired) electrons. The molecule has 0 amide bonds. The van der Waals surface area contributed by atoms with Crippen molar-refractivity contribution in [3.05, 3.63) is 35.8 Å². The Hall–Kier alpha value is -1.98. The van der Waals surface area contributed by atoms with Crippen LogP contribution in [-0.4, -0.2) is 16.7 Å². The van der Waals surface area contributed by atoms with Crippen molar-refractivity contribution in [2.75, 3.05) is 7.11 Å². The van der Waals surface area contributed by atoms with Crippen molar-refractivity contribution in [2.24, 2.45) is 0 Å². The zero-order valence-electron chi connectivity index (χ0n) is 11.6. The van der Waals surface area contributed by atoms with Crippen LogP contribution in [0.4, 0.5) is 13.2 Å². The van der Waals surface area contributed by atoms with Gasteiger partial charge in [0, 0.05) is 24.7 Å². The second-order valence-corrected chi connectivity index (χ2v) is 5.11. The molecule has 0 spiro atoms. The van der Waals surface area contributed by atoms with Gasteiger partial charge in [0.05, 0.1) is 18.4 Å². The summed E-state index contributed by atoms with van der Waals surface area (Å²) in [5.74, 6) is 1.18. The van der Waals surface area contributed by atoms with Gasteiger partial charge in [-0.1, -0.05) is 0 Å². The summed E-state index contributed by atoms with van der Waals surface area (Å²) in [6, 6.07) is 3.51. The van der Waals surface area contributed by atoms with Crippen LogP contribution in [0.2, 0.25) is 0 Å². The van der Waals surface area contributed by atoms with Crippen LogP contribution in [0.5, 0.6) is 5.75 Å². The van der Waals surface area contributed by atoms with Crippen LogP contribution in [0.1, 0.15) is 24.2 Å². The van der Waals surface area contributed by atoms with E-state index >= 15 is 0 Å². The number of fused-ring (bicyclic) bond motifs is 1. The average Bonchev–Trinajstić information content (AvgIpc) is 2.89. The SMILES string of the molecule is COc1cc(C(F)(F)F)ccc1-c1cn2c(n1)CCCC2. The maximum absolute atomic E-state index is 12.7. The van der Waals surface area contributed by atoms with E-state index in [2.05, 4.69) is 9.55 Å². The van der Waals surface area contributed by atoms with E-state index in [1.165, 1.54) is 13.2 Å². The molecule has 0 N–H and O–H groups in total. The highest BCUT2D eigenvalue weighted by atomic mass is 19.4. The molecule has 0 bridgehead atoms. The highest BCUT2D eigenvalue weighted by Gasteiger charge is 2.31. The molecule has 0 saturated heterocycles. The van der Waals surface area contributed by atoms with Gasteiger partial charge in [-0.05, 0) is 31.0 Å². The first-order chi connectivity index (χ1) is 9.99. The van der Waals surface area contributed by atoms with Crippen LogP contribution in [-0.2, 0) is 19.1 Å². The Balaban J connectivity index is 2.04. The molecule has 6 heteroatoms. The van der Waals surface area contributed by atoms with Crippen molar-refractivity contribution < 1.29 is 17.9 Å². The number of ether oxygens (including phenoxy) is 1. The second kappa shape index (κ2) is 5.09. The summed E-state index contributed by atoms with van der Waals surface area (Å²) < 4.78 is 45.4. The fourth-order valence-electron chi connectivity index (χ4n) is 2.62. The van der Waals surface area contributed by atoms with E-state index in [0.717, 1.165) is 43.8 Å². The Bertz CT molecular complexity index is 638. The molecule has 0 fully saturated rings. The van der Waals surface area contributed by atoms with Crippen LogP contribution in [0.25, 0.3) is 11.3 Å². The lowest BCUT2D eigenvalue weighted by atomic mass is 10.1. The van der Waals surface area contributed by atoms with Gasteiger partial charge in [-0.2, -0.15) is 13.2 Å². The third-order valence-electron chi connectivity index (χ3n) is 3.71. The van der Waals surface area contributed by atoms with E-state index in [4.69, 9.17) is 4.74 Å². The Morgan fingerprint density at radius 3 is 2.71 bits per heavy atom. The normalized spacial score (nSPS) is 14.9. The summed E-state index contributed by atoms with van der Waals surface area (Å²) in [4.78, 5) is 4.52. The minimum Gasteiger partial charge on any atom is -0.496 e. The Morgan fingerprint density at radius 1 is 1.24 bits per heavy atom. The summed E-state index contributed by atoms with van der Waals surface area (Å²) in [5.41, 5.74) is 0.539. The maximum Gasteiger partial charge on any atom is 0.416 e. The molecule has 3 nitrogen and oxygen atoms in total. The average molecular weight is 296 g/mol. The number of rotatable bonds is 2. The topological polar surface area (TPSA) is 27.1 Å². The van der Waals surface area contributed by atoms with Crippen LogP contribution in [0, 0.1) is 0 Å². The summed E-state index contributed by atoms with van der Waals surface area (Å²) in [5, 5.41) is 0. The lowest BCUT2D eigenvalue weighted by Gasteiger charge is -2.11. The number of hydrogen-bond donors (Lipinski definition) is 0. The number of nitrogens with zero attached hydrogens (tertiary/aromatic N) is 2. The third-order valence-corrected chi connectivity index (χ3v) is 3.71. The first-order valence-electron chi connectivity index (χ1n) is 6.80. The molecular formula is C15H15F3N2O. The molecule has 3 rings (SSSR count). The highest BCUT2D eigenvalue weighted by molar-refractivity contribution is 5.67. The molecule has 2 heterocycles. The van der Waals surface area contributed by atoms with Gasteiger partial charge < -0.3 is 9.30 Å². The molecule has 1 aliphatic heterocycles. The number of aromatic nitrogens is 2. The van der Waals surface area contributed by atoms with Crippen molar-refractivity contribution >= 4 is 0 Å². The smallest absolute Gasteiger partial charge is 0.416 e. The van der Waals surface area contributed by atoms with Crippen molar-refractivity contribution in [1.82, 2.24) is 9.55 Å².